The average Bonchev–Trinajstić information content (AvgIpc) is 3.27. The summed E-state index contributed by atoms with van der Waals surface area (Å²) in [4.78, 5) is 45.0. The third-order valence-electron chi connectivity index (χ3n) is 7.02. The molecule has 0 bridgehead atoms. The van der Waals surface area contributed by atoms with E-state index in [4.69, 9.17) is 4.74 Å². The summed E-state index contributed by atoms with van der Waals surface area (Å²) >= 11 is 0. The fourth-order valence-electron chi connectivity index (χ4n) is 5.08. The van der Waals surface area contributed by atoms with Crippen LogP contribution in [0.15, 0.2) is 49.1 Å². The first-order chi connectivity index (χ1) is 17.4. The molecular weight excluding hydrogens is 462 g/mol. The number of carbonyl (C=O) groups is 3. The van der Waals surface area contributed by atoms with Crippen molar-refractivity contribution in [3.8, 4) is 0 Å². The van der Waals surface area contributed by atoms with Gasteiger partial charge in [0.05, 0.1) is 18.0 Å². The summed E-state index contributed by atoms with van der Waals surface area (Å²) in [6.07, 6.45) is 5.28. The SMILES string of the molecule is Cc1cc(CC(OC(=O)N2CCC(N3CCc4ccccc4NC3=O)CC2)C(=O)O)cn2cncc12. The summed E-state index contributed by atoms with van der Waals surface area (Å²) < 4.78 is 7.25. The van der Waals surface area contributed by atoms with E-state index in [1.807, 2.05) is 46.6 Å². The molecule has 3 amide bonds. The Kier molecular flexibility index (Phi) is 6.49. The van der Waals surface area contributed by atoms with Gasteiger partial charge < -0.3 is 29.4 Å². The number of nitrogens with one attached hydrogen (secondary N) is 1. The molecule has 10 heteroatoms. The van der Waals surface area contributed by atoms with Gasteiger partial charge in [-0.1, -0.05) is 24.3 Å². The zero-order chi connectivity index (χ0) is 25.2. The number of hydrogen-bond acceptors (Lipinski definition) is 5. The number of hydrogen-bond donors (Lipinski definition) is 2. The van der Waals surface area contributed by atoms with Crippen LogP contribution in [0.25, 0.3) is 5.52 Å². The number of nitrogens with zero attached hydrogens (tertiary/aromatic N) is 4. The lowest BCUT2D eigenvalue weighted by molar-refractivity contribution is -0.147. The molecule has 1 aromatic carbocycles. The molecule has 2 aliphatic heterocycles. The number of anilines is 1. The van der Waals surface area contributed by atoms with E-state index < -0.39 is 18.2 Å². The number of carboxylic acid groups (broad SMARTS) is 1. The Morgan fingerprint density at radius 2 is 2.00 bits per heavy atom. The van der Waals surface area contributed by atoms with Crippen LogP contribution in [0.4, 0.5) is 15.3 Å². The lowest BCUT2D eigenvalue weighted by Crippen LogP contribution is -2.50. The van der Waals surface area contributed by atoms with E-state index in [2.05, 4.69) is 10.3 Å². The molecule has 1 unspecified atom stereocenters. The Bertz CT molecular complexity index is 1300. The van der Waals surface area contributed by atoms with E-state index >= 15 is 0 Å². The second-order valence-electron chi connectivity index (χ2n) is 9.38. The van der Waals surface area contributed by atoms with Crippen molar-refractivity contribution < 1.29 is 24.2 Å². The second kappa shape index (κ2) is 9.88. The number of aliphatic carboxylic acids is 1. The third kappa shape index (κ3) is 4.84. The number of aromatic nitrogens is 2. The van der Waals surface area contributed by atoms with E-state index in [9.17, 15) is 19.5 Å². The lowest BCUT2D eigenvalue weighted by Gasteiger charge is -2.37. The quantitative estimate of drug-likeness (QED) is 0.566. The van der Waals surface area contributed by atoms with E-state index in [1.165, 1.54) is 4.90 Å². The highest BCUT2D eigenvalue weighted by Crippen LogP contribution is 2.25. The lowest BCUT2D eigenvalue weighted by atomic mass is 10.0. The highest BCUT2D eigenvalue weighted by atomic mass is 16.6. The fourth-order valence-corrected chi connectivity index (χ4v) is 5.08. The number of aryl methyl sites for hydroxylation is 1. The van der Waals surface area contributed by atoms with Crippen molar-refractivity contribution in [1.29, 1.82) is 0 Å². The van der Waals surface area contributed by atoms with Gasteiger partial charge in [0.15, 0.2) is 0 Å². The number of para-hydroxylation sites is 1. The largest absolute Gasteiger partial charge is 0.478 e. The minimum atomic E-state index is -1.30. The molecule has 3 aromatic rings. The van der Waals surface area contributed by atoms with Crippen LogP contribution in [0.1, 0.15) is 29.5 Å². The first-order valence-corrected chi connectivity index (χ1v) is 12.1. The predicted octanol–water partition coefficient (Wildman–Crippen LogP) is 3.33. The van der Waals surface area contributed by atoms with Crippen LogP contribution in [0, 0.1) is 6.92 Å². The molecule has 2 aromatic heterocycles. The molecule has 2 aliphatic rings. The van der Waals surface area contributed by atoms with Gasteiger partial charge in [0.25, 0.3) is 0 Å². The van der Waals surface area contributed by atoms with Crippen LogP contribution in [0.2, 0.25) is 0 Å². The zero-order valence-electron chi connectivity index (χ0n) is 20.1. The van der Waals surface area contributed by atoms with E-state index in [-0.39, 0.29) is 18.5 Å². The summed E-state index contributed by atoms with van der Waals surface area (Å²) in [5.41, 5.74) is 4.59. The molecule has 1 atom stereocenters. The van der Waals surface area contributed by atoms with Crippen molar-refractivity contribution in [3.63, 3.8) is 0 Å². The number of fused-ring (bicyclic) bond motifs is 2. The highest BCUT2D eigenvalue weighted by molar-refractivity contribution is 5.91. The van der Waals surface area contributed by atoms with Crippen LogP contribution in [-0.4, -0.2) is 74.2 Å². The minimum Gasteiger partial charge on any atom is -0.478 e. The average molecular weight is 492 g/mol. The summed E-state index contributed by atoms with van der Waals surface area (Å²) in [6.45, 7) is 3.33. The smallest absolute Gasteiger partial charge is 0.410 e. The zero-order valence-corrected chi connectivity index (χ0v) is 20.1. The molecule has 188 valence electrons. The molecular formula is C26H29N5O5. The van der Waals surface area contributed by atoms with E-state index in [1.54, 1.807) is 18.7 Å². The van der Waals surface area contributed by atoms with Gasteiger partial charge >= 0.3 is 18.1 Å². The molecule has 36 heavy (non-hydrogen) atoms. The summed E-state index contributed by atoms with van der Waals surface area (Å²) in [6, 6.07) is 9.55. The Hall–Kier alpha value is -4.08. The van der Waals surface area contributed by atoms with Gasteiger partial charge in [-0.05, 0) is 48.9 Å². The maximum atomic E-state index is 12.8. The molecule has 4 heterocycles. The van der Waals surface area contributed by atoms with Crippen molar-refractivity contribution in [2.75, 3.05) is 25.0 Å². The normalized spacial score (nSPS) is 17.3. The molecule has 1 saturated heterocycles. The number of imidazole rings is 1. The Labute approximate surface area is 208 Å². The predicted molar refractivity (Wildman–Crippen MR) is 132 cm³/mol. The first-order valence-electron chi connectivity index (χ1n) is 12.1. The van der Waals surface area contributed by atoms with Gasteiger partial charge in [-0.2, -0.15) is 0 Å². The van der Waals surface area contributed by atoms with Crippen molar-refractivity contribution >= 4 is 29.3 Å². The summed E-state index contributed by atoms with van der Waals surface area (Å²) in [5, 5.41) is 12.7. The maximum absolute atomic E-state index is 12.8. The second-order valence-corrected chi connectivity index (χ2v) is 9.38. The molecule has 1 fully saturated rings. The van der Waals surface area contributed by atoms with Crippen LogP contribution < -0.4 is 5.32 Å². The number of urea groups is 1. The van der Waals surface area contributed by atoms with Crippen LogP contribution in [0.5, 0.6) is 0 Å². The van der Waals surface area contributed by atoms with Crippen molar-refractivity contribution in [2.24, 2.45) is 0 Å². The number of ether oxygens (including phenoxy) is 1. The molecule has 0 radical (unpaired) electrons. The van der Waals surface area contributed by atoms with Gasteiger partial charge in [-0.25, -0.2) is 19.4 Å². The monoisotopic (exact) mass is 491 g/mol. The van der Waals surface area contributed by atoms with Crippen LogP contribution in [-0.2, 0) is 22.4 Å². The maximum Gasteiger partial charge on any atom is 0.410 e. The van der Waals surface area contributed by atoms with E-state index in [0.29, 0.717) is 32.5 Å². The molecule has 10 nitrogen and oxygen atoms in total. The number of carbonyl (C=O) groups excluding carboxylic acids is 2. The van der Waals surface area contributed by atoms with Crippen molar-refractivity contribution in [3.05, 3.63) is 65.7 Å². The number of pyridine rings is 1. The molecule has 5 rings (SSSR count). The number of amides is 3. The third-order valence-corrected chi connectivity index (χ3v) is 7.02. The van der Waals surface area contributed by atoms with Gasteiger partial charge in [-0.3, -0.25) is 0 Å². The van der Waals surface area contributed by atoms with Gasteiger partial charge in [0, 0.05) is 44.0 Å². The number of rotatable bonds is 5. The van der Waals surface area contributed by atoms with Crippen LogP contribution >= 0.6 is 0 Å². The molecule has 0 spiro atoms. The first kappa shape index (κ1) is 23.7. The number of piperidine rings is 1. The topological polar surface area (TPSA) is 116 Å². The number of carboxylic acids is 1. The van der Waals surface area contributed by atoms with Crippen molar-refractivity contribution in [1.82, 2.24) is 19.2 Å². The Balaban J connectivity index is 1.18. The fraction of sp³-hybridized carbons (Fsp3) is 0.385. The van der Waals surface area contributed by atoms with Crippen LogP contribution in [0.3, 0.4) is 0 Å². The van der Waals surface area contributed by atoms with Gasteiger partial charge in [-0.15, -0.1) is 0 Å². The standard InChI is InChI=1S/C26H29N5O5/c1-17-12-18(15-30-16-27-14-22(17)30)13-23(24(32)33)36-26(35)29-9-7-20(8-10-29)31-11-6-19-4-2-3-5-21(19)28-25(31)34/h2-5,12,14-16,20,23H,6-11,13H2,1H3,(H,28,34)(H,32,33). The van der Waals surface area contributed by atoms with Gasteiger partial charge in [0.2, 0.25) is 6.10 Å². The minimum absolute atomic E-state index is 0.00326. The molecule has 0 aliphatic carbocycles. The number of likely N-dealkylation sites (tertiary alicyclic amines) is 1. The molecule has 2 N–H and O–H groups in total. The Morgan fingerprint density at radius 1 is 1.22 bits per heavy atom. The van der Waals surface area contributed by atoms with E-state index in [0.717, 1.165) is 34.3 Å². The summed E-state index contributed by atoms with van der Waals surface area (Å²) in [5.74, 6) is -1.19. The van der Waals surface area contributed by atoms with Gasteiger partial charge in [0.1, 0.15) is 0 Å². The Morgan fingerprint density at radius 3 is 2.78 bits per heavy atom. The number of benzene rings is 1. The highest BCUT2D eigenvalue weighted by Gasteiger charge is 2.33. The van der Waals surface area contributed by atoms with Crippen molar-refractivity contribution in [2.45, 2.75) is 44.8 Å². The molecule has 0 saturated carbocycles. The summed E-state index contributed by atoms with van der Waals surface area (Å²) in [7, 11) is 0.